The number of rotatable bonds is 4. The van der Waals surface area contributed by atoms with Crippen LogP contribution in [0.15, 0.2) is 28.1 Å². The maximum atomic E-state index is 12.4. The molecule has 0 bridgehead atoms. The largest absolute Gasteiger partial charge is 0.502 e. The van der Waals surface area contributed by atoms with Gasteiger partial charge in [0.15, 0.2) is 5.75 Å². The predicted octanol–water partition coefficient (Wildman–Crippen LogP) is 0.747. The number of phenols is 1. The summed E-state index contributed by atoms with van der Waals surface area (Å²) in [6, 6.07) is 2.79. The molecular formula is C11H11N3O6S. The van der Waals surface area contributed by atoms with Crippen LogP contribution in [0, 0.1) is 10.1 Å². The second-order valence-corrected chi connectivity index (χ2v) is 6.26. The van der Waals surface area contributed by atoms with Gasteiger partial charge >= 0.3 is 5.69 Å². The van der Waals surface area contributed by atoms with Crippen molar-refractivity contribution in [2.24, 2.45) is 4.99 Å². The van der Waals surface area contributed by atoms with E-state index >= 15 is 0 Å². The third kappa shape index (κ3) is 2.77. The fourth-order valence-electron chi connectivity index (χ4n) is 2.14. The first-order chi connectivity index (χ1) is 9.87. The van der Waals surface area contributed by atoms with Gasteiger partial charge < -0.3 is 5.11 Å². The number of nitro groups is 1. The molecule has 1 heterocycles. The Morgan fingerprint density at radius 1 is 1.48 bits per heavy atom. The summed E-state index contributed by atoms with van der Waals surface area (Å²) in [6.45, 7) is 0.160. The molecule has 10 heteroatoms. The Labute approximate surface area is 119 Å². The van der Waals surface area contributed by atoms with Crippen molar-refractivity contribution in [2.75, 3.05) is 6.54 Å². The Morgan fingerprint density at radius 3 is 2.81 bits per heavy atom. The van der Waals surface area contributed by atoms with Crippen LogP contribution in [0.25, 0.3) is 0 Å². The topological polar surface area (TPSA) is 130 Å². The first-order valence-corrected chi connectivity index (χ1v) is 7.38. The molecule has 1 atom stereocenters. The molecule has 1 aromatic carbocycles. The van der Waals surface area contributed by atoms with Crippen LogP contribution in [0.3, 0.4) is 0 Å². The summed E-state index contributed by atoms with van der Waals surface area (Å²) in [5.41, 5.74) is -0.703. The smallest absolute Gasteiger partial charge is 0.312 e. The van der Waals surface area contributed by atoms with Crippen LogP contribution < -0.4 is 0 Å². The lowest BCUT2D eigenvalue weighted by Gasteiger charge is -2.19. The van der Waals surface area contributed by atoms with Crippen molar-refractivity contribution < 1.29 is 23.2 Å². The molecule has 9 nitrogen and oxygen atoms in total. The molecular weight excluding hydrogens is 302 g/mol. The minimum atomic E-state index is -4.04. The summed E-state index contributed by atoms with van der Waals surface area (Å²) in [5, 5.41) is 20.1. The zero-order valence-corrected chi connectivity index (χ0v) is 11.5. The fraction of sp³-hybridized carbons (Fsp3) is 0.364. The van der Waals surface area contributed by atoms with Gasteiger partial charge in [0.25, 0.3) is 0 Å². The number of isocyanates is 1. The first kappa shape index (κ1) is 15.1. The normalized spacial score (nSPS) is 19.1. The van der Waals surface area contributed by atoms with E-state index in [1.165, 1.54) is 6.08 Å². The van der Waals surface area contributed by atoms with Crippen molar-refractivity contribution in [3.8, 4) is 5.75 Å². The zero-order chi connectivity index (χ0) is 15.6. The number of aromatic hydroxyl groups is 1. The minimum Gasteiger partial charge on any atom is -0.502 e. The first-order valence-electron chi connectivity index (χ1n) is 5.94. The van der Waals surface area contributed by atoms with Crippen LogP contribution >= 0.6 is 0 Å². The number of aliphatic imine (C=N–C) groups is 1. The third-order valence-corrected chi connectivity index (χ3v) is 5.02. The number of sulfonamides is 1. The van der Waals surface area contributed by atoms with Gasteiger partial charge in [-0.25, -0.2) is 13.2 Å². The molecule has 1 saturated heterocycles. The van der Waals surface area contributed by atoms with E-state index in [0.717, 1.165) is 22.5 Å². The van der Waals surface area contributed by atoms with Gasteiger partial charge in [-0.2, -0.15) is 9.30 Å². The highest BCUT2D eigenvalue weighted by atomic mass is 32.2. The fourth-order valence-corrected chi connectivity index (χ4v) is 3.75. The second kappa shape index (κ2) is 5.60. The number of carbonyl (C=O) groups excluding carboxylic acids is 1. The molecule has 1 aliphatic heterocycles. The van der Waals surface area contributed by atoms with Crippen LogP contribution in [-0.2, 0) is 14.8 Å². The Morgan fingerprint density at radius 2 is 2.19 bits per heavy atom. The molecule has 0 amide bonds. The van der Waals surface area contributed by atoms with Crippen molar-refractivity contribution in [3.05, 3.63) is 28.3 Å². The summed E-state index contributed by atoms with van der Waals surface area (Å²) >= 11 is 0. The van der Waals surface area contributed by atoms with Gasteiger partial charge in [-0.3, -0.25) is 10.1 Å². The Bertz CT molecular complexity index is 725. The monoisotopic (exact) mass is 313 g/mol. The summed E-state index contributed by atoms with van der Waals surface area (Å²) in [7, 11) is -4.04. The number of phenolic OH excluding ortho intramolecular Hbond substituents is 1. The van der Waals surface area contributed by atoms with Crippen LogP contribution in [0.4, 0.5) is 5.69 Å². The van der Waals surface area contributed by atoms with Crippen LogP contribution in [-0.4, -0.2) is 41.5 Å². The van der Waals surface area contributed by atoms with Gasteiger partial charge in [-0.1, -0.05) is 0 Å². The van der Waals surface area contributed by atoms with E-state index < -0.39 is 32.5 Å². The summed E-state index contributed by atoms with van der Waals surface area (Å²) in [4.78, 5) is 23.3. The van der Waals surface area contributed by atoms with Gasteiger partial charge in [0.1, 0.15) is 6.17 Å². The van der Waals surface area contributed by atoms with Crippen LogP contribution in [0.1, 0.15) is 12.8 Å². The number of benzene rings is 1. The molecule has 0 radical (unpaired) electrons. The number of hydrogen-bond acceptors (Lipinski definition) is 7. The van der Waals surface area contributed by atoms with Gasteiger partial charge in [-0.15, -0.1) is 0 Å². The Kier molecular flexibility index (Phi) is 4.03. The summed E-state index contributed by atoms with van der Waals surface area (Å²) in [5.74, 6) is -0.622. The third-order valence-electron chi connectivity index (χ3n) is 3.13. The van der Waals surface area contributed by atoms with Gasteiger partial charge in [0, 0.05) is 12.6 Å². The maximum absolute atomic E-state index is 12.4. The van der Waals surface area contributed by atoms with Crippen LogP contribution in [0.2, 0.25) is 0 Å². The highest BCUT2D eigenvalue weighted by Gasteiger charge is 2.36. The molecule has 0 spiro atoms. The lowest BCUT2D eigenvalue weighted by molar-refractivity contribution is -0.386. The lowest BCUT2D eigenvalue weighted by atomic mass is 10.3. The minimum absolute atomic E-state index is 0.160. The van der Waals surface area contributed by atoms with E-state index in [2.05, 4.69) is 4.99 Å². The predicted molar refractivity (Wildman–Crippen MR) is 69.8 cm³/mol. The van der Waals surface area contributed by atoms with E-state index in [1.54, 1.807) is 0 Å². The summed E-state index contributed by atoms with van der Waals surface area (Å²) in [6.07, 6.45) is 1.38. The molecule has 0 aliphatic carbocycles. The van der Waals surface area contributed by atoms with E-state index in [-0.39, 0.29) is 11.4 Å². The van der Waals surface area contributed by atoms with Crippen molar-refractivity contribution in [1.29, 1.82) is 0 Å². The van der Waals surface area contributed by atoms with E-state index in [1.807, 2.05) is 0 Å². The molecule has 1 unspecified atom stereocenters. The molecule has 1 aliphatic rings. The Balaban J connectivity index is 2.47. The average molecular weight is 313 g/mol. The van der Waals surface area contributed by atoms with Crippen LogP contribution in [0.5, 0.6) is 5.75 Å². The highest BCUT2D eigenvalue weighted by Crippen LogP contribution is 2.32. The van der Waals surface area contributed by atoms with Gasteiger partial charge in [-0.05, 0) is 25.0 Å². The van der Waals surface area contributed by atoms with Gasteiger partial charge in [0.2, 0.25) is 16.1 Å². The number of hydrogen-bond donors (Lipinski definition) is 1. The molecule has 21 heavy (non-hydrogen) atoms. The zero-order valence-electron chi connectivity index (χ0n) is 10.7. The lowest BCUT2D eigenvalue weighted by Crippen LogP contribution is -2.34. The van der Waals surface area contributed by atoms with E-state index in [9.17, 15) is 28.4 Å². The number of nitrogens with zero attached hydrogens (tertiary/aromatic N) is 3. The second-order valence-electron chi connectivity index (χ2n) is 4.37. The van der Waals surface area contributed by atoms with E-state index in [0.29, 0.717) is 12.8 Å². The molecule has 1 fully saturated rings. The van der Waals surface area contributed by atoms with Crippen molar-refractivity contribution in [1.82, 2.24) is 4.31 Å². The highest BCUT2D eigenvalue weighted by molar-refractivity contribution is 7.89. The molecule has 2 rings (SSSR count). The molecule has 1 aromatic rings. The molecule has 0 saturated carbocycles. The average Bonchev–Trinajstić information content (AvgIpc) is 2.88. The maximum Gasteiger partial charge on any atom is 0.312 e. The standard InChI is InChI=1S/C11H11N3O6S/c15-7-12-11-2-1-5-13(11)21(19,20)8-3-4-10(16)9(6-8)14(17)18/h3-4,6,11,16H,1-2,5H2. The van der Waals surface area contributed by atoms with Gasteiger partial charge in [0.05, 0.1) is 9.82 Å². The Hall–Kier alpha value is -2.29. The molecule has 0 aromatic heterocycles. The van der Waals surface area contributed by atoms with Crippen molar-refractivity contribution in [2.45, 2.75) is 23.9 Å². The SMILES string of the molecule is O=C=NC1CCCN1S(=O)(=O)c1ccc(O)c([N+](=O)[O-])c1. The number of nitro benzene ring substituents is 1. The molecule has 1 N–H and O–H groups in total. The summed E-state index contributed by atoms with van der Waals surface area (Å²) < 4.78 is 25.9. The van der Waals surface area contributed by atoms with E-state index in [4.69, 9.17) is 0 Å². The van der Waals surface area contributed by atoms with Crippen molar-refractivity contribution in [3.63, 3.8) is 0 Å². The van der Waals surface area contributed by atoms with Crippen molar-refractivity contribution >= 4 is 21.8 Å². The molecule has 112 valence electrons. The quantitative estimate of drug-likeness (QED) is 0.378.